The van der Waals surface area contributed by atoms with Crippen molar-refractivity contribution >= 4 is 33.2 Å². The Morgan fingerprint density at radius 3 is 2.32 bits per heavy atom. The third-order valence-electron chi connectivity index (χ3n) is 4.97. The highest BCUT2D eigenvalue weighted by Crippen LogP contribution is 2.28. The van der Waals surface area contributed by atoms with E-state index in [1.54, 1.807) is 12.1 Å². The van der Waals surface area contributed by atoms with Crippen LogP contribution in [0.25, 0.3) is 0 Å². The van der Waals surface area contributed by atoms with Gasteiger partial charge in [0.1, 0.15) is 5.69 Å². The highest BCUT2D eigenvalue weighted by atomic mass is 35.5. The van der Waals surface area contributed by atoms with E-state index in [2.05, 4.69) is 10.3 Å². The standard InChI is InChI=1S/C23H21ClF3N3O3S/c1-15-4-3-5-18(21(15)24)14-30(34(2,32)33)19-9-7-17(8-10-19)22(31)29-13-16-6-11-20(28-12-16)23(25,26)27/h3-12H,13-14H2,1-2H3,(H,29,31). The summed E-state index contributed by atoms with van der Waals surface area (Å²) in [5.74, 6) is -0.473. The Balaban J connectivity index is 1.71. The number of nitrogens with one attached hydrogen (secondary N) is 1. The number of carbonyl (C=O) groups excluding carboxylic acids is 1. The summed E-state index contributed by atoms with van der Waals surface area (Å²) >= 11 is 6.32. The summed E-state index contributed by atoms with van der Waals surface area (Å²) < 4.78 is 63.8. The van der Waals surface area contributed by atoms with Crippen LogP contribution in [0.15, 0.2) is 60.8 Å². The second-order valence-corrected chi connectivity index (χ2v) is 9.88. The number of benzene rings is 2. The van der Waals surface area contributed by atoms with Crippen LogP contribution in [0.1, 0.15) is 32.7 Å². The van der Waals surface area contributed by atoms with Crippen LogP contribution in [0.5, 0.6) is 0 Å². The first kappa shape index (κ1) is 25.5. The number of halogens is 4. The molecule has 6 nitrogen and oxygen atoms in total. The number of carbonyl (C=O) groups is 1. The van der Waals surface area contributed by atoms with E-state index in [-0.39, 0.29) is 18.7 Å². The van der Waals surface area contributed by atoms with Gasteiger partial charge in [0.2, 0.25) is 10.0 Å². The molecule has 11 heteroatoms. The van der Waals surface area contributed by atoms with Crippen molar-refractivity contribution in [3.05, 3.63) is 93.8 Å². The van der Waals surface area contributed by atoms with Gasteiger partial charge in [-0.25, -0.2) is 8.42 Å². The third kappa shape index (κ3) is 6.27. The van der Waals surface area contributed by atoms with Crippen molar-refractivity contribution in [1.29, 1.82) is 0 Å². The zero-order chi connectivity index (χ0) is 25.1. The van der Waals surface area contributed by atoms with Gasteiger partial charge in [-0.05, 0) is 53.9 Å². The molecular formula is C23H21ClF3N3O3S. The molecule has 0 atom stereocenters. The number of sulfonamides is 1. The number of alkyl halides is 3. The zero-order valence-electron chi connectivity index (χ0n) is 18.2. The van der Waals surface area contributed by atoms with Crippen LogP contribution in [0.3, 0.4) is 0 Å². The van der Waals surface area contributed by atoms with E-state index in [9.17, 15) is 26.4 Å². The maximum Gasteiger partial charge on any atom is 0.433 e. The Hall–Kier alpha value is -3.11. The van der Waals surface area contributed by atoms with Gasteiger partial charge in [-0.1, -0.05) is 35.9 Å². The quantitative estimate of drug-likeness (QED) is 0.486. The second-order valence-electron chi connectivity index (χ2n) is 7.60. The molecule has 1 aromatic heterocycles. The maximum atomic E-state index is 12.6. The van der Waals surface area contributed by atoms with Crippen LogP contribution in [0.2, 0.25) is 5.02 Å². The molecule has 0 saturated carbocycles. The van der Waals surface area contributed by atoms with Crippen LogP contribution >= 0.6 is 11.6 Å². The molecule has 1 N–H and O–H groups in total. The zero-order valence-corrected chi connectivity index (χ0v) is 19.8. The van der Waals surface area contributed by atoms with Crippen molar-refractivity contribution in [3.63, 3.8) is 0 Å². The molecule has 0 aliphatic carbocycles. The van der Waals surface area contributed by atoms with Crippen LogP contribution < -0.4 is 9.62 Å². The van der Waals surface area contributed by atoms with Gasteiger partial charge < -0.3 is 5.32 Å². The van der Waals surface area contributed by atoms with Gasteiger partial charge in [0.25, 0.3) is 5.91 Å². The van der Waals surface area contributed by atoms with Crippen LogP contribution in [0, 0.1) is 6.92 Å². The van der Waals surface area contributed by atoms with Gasteiger partial charge in [0, 0.05) is 23.3 Å². The van der Waals surface area contributed by atoms with E-state index < -0.39 is 27.8 Å². The molecule has 3 rings (SSSR count). The van der Waals surface area contributed by atoms with Crippen molar-refractivity contribution in [2.24, 2.45) is 0 Å². The van der Waals surface area contributed by atoms with E-state index in [1.165, 1.54) is 34.6 Å². The number of amides is 1. The normalized spacial score (nSPS) is 11.8. The molecule has 0 fully saturated rings. The van der Waals surface area contributed by atoms with Gasteiger partial charge in [-0.3, -0.25) is 14.1 Å². The Bertz CT molecular complexity index is 1280. The Morgan fingerprint density at radius 2 is 1.76 bits per heavy atom. The Labute approximate surface area is 200 Å². The molecule has 0 aliphatic heterocycles. The average Bonchev–Trinajstić information content (AvgIpc) is 2.77. The molecule has 1 amide bonds. The van der Waals surface area contributed by atoms with Crippen molar-refractivity contribution in [1.82, 2.24) is 10.3 Å². The number of aryl methyl sites for hydroxylation is 1. The monoisotopic (exact) mass is 511 g/mol. The number of hydrogen-bond donors (Lipinski definition) is 1. The molecule has 3 aromatic rings. The van der Waals surface area contributed by atoms with E-state index >= 15 is 0 Å². The first-order chi connectivity index (χ1) is 15.9. The van der Waals surface area contributed by atoms with E-state index in [0.29, 0.717) is 21.8 Å². The molecule has 2 aromatic carbocycles. The predicted octanol–water partition coefficient (Wildman–Crippen LogP) is 4.96. The van der Waals surface area contributed by atoms with E-state index in [0.717, 1.165) is 24.1 Å². The maximum absolute atomic E-state index is 12.6. The summed E-state index contributed by atoms with van der Waals surface area (Å²) in [7, 11) is -3.65. The molecule has 180 valence electrons. The molecular weight excluding hydrogens is 491 g/mol. The van der Waals surface area contributed by atoms with Gasteiger partial charge in [-0.2, -0.15) is 13.2 Å². The Morgan fingerprint density at radius 1 is 1.09 bits per heavy atom. The number of anilines is 1. The lowest BCUT2D eigenvalue weighted by molar-refractivity contribution is -0.141. The minimum absolute atomic E-state index is 0.0197. The van der Waals surface area contributed by atoms with E-state index in [4.69, 9.17) is 11.6 Å². The van der Waals surface area contributed by atoms with Crippen LogP contribution in [0.4, 0.5) is 18.9 Å². The fraction of sp³-hybridized carbons (Fsp3) is 0.217. The summed E-state index contributed by atoms with van der Waals surface area (Å²) in [5.41, 5.74) is 1.45. The van der Waals surface area contributed by atoms with Gasteiger partial charge in [0.15, 0.2) is 0 Å². The molecule has 34 heavy (non-hydrogen) atoms. The van der Waals surface area contributed by atoms with Crippen molar-refractivity contribution in [2.75, 3.05) is 10.6 Å². The lowest BCUT2D eigenvalue weighted by Crippen LogP contribution is -2.29. The fourth-order valence-corrected chi connectivity index (χ4v) is 4.21. The highest BCUT2D eigenvalue weighted by molar-refractivity contribution is 7.92. The minimum atomic E-state index is -4.53. The number of rotatable bonds is 7. The number of pyridine rings is 1. The molecule has 0 bridgehead atoms. The van der Waals surface area contributed by atoms with Crippen LogP contribution in [-0.2, 0) is 29.3 Å². The highest BCUT2D eigenvalue weighted by Gasteiger charge is 2.32. The van der Waals surface area contributed by atoms with E-state index in [1.807, 2.05) is 13.0 Å². The summed E-state index contributed by atoms with van der Waals surface area (Å²) in [6.45, 7) is 1.82. The number of aromatic nitrogens is 1. The molecule has 0 saturated heterocycles. The van der Waals surface area contributed by atoms with Crippen molar-refractivity contribution < 1.29 is 26.4 Å². The third-order valence-corrected chi connectivity index (χ3v) is 6.65. The largest absolute Gasteiger partial charge is 0.433 e. The first-order valence-corrected chi connectivity index (χ1v) is 12.2. The second kappa shape index (κ2) is 10.0. The number of nitrogens with zero attached hydrogens (tertiary/aromatic N) is 2. The SMILES string of the molecule is Cc1cccc(CN(c2ccc(C(=O)NCc3ccc(C(F)(F)F)nc3)cc2)S(C)(=O)=O)c1Cl. The van der Waals surface area contributed by atoms with Crippen molar-refractivity contribution in [2.45, 2.75) is 26.2 Å². The summed E-state index contributed by atoms with van der Waals surface area (Å²) in [6.07, 6.45) is -2.41. The smallest absolute Gasteiger partial charge is 0.348 e. The van der Waals surface area contributed by atoms with Crippen LogP contribution in [-0.4, -0.2) is 25.6 Å². The molecule has 0 radical (unpaired) electrons. The molecule has 0 aliphatic rings. The fourth-order valence-electron chi connectivity index (χ4n) is 3.15. The Kier molecular flexibility index (Phi) is 7.52. The lowest BCUT2D eigenvalue weighted by atomic mass is 10.1. The van der Waals surface area contributed by atoms with Crippen molar-refractivity contribution in [3.8, 4) is 0 Å². The minimum Gasteiger partial charge on any atom is -0.348 e. The molecule has 0 spiro atoms. The molecule has 0 unspecified atom stereocenters. The molecule has 1 heterocycles. The first-order valence-electron chi connectivity index (χ1n) is 9.98. The average molecular weight is 512 g/mol. The topological polar surface area (TPSA) is 79.4 Å². The van der Waals surface area contributed by atoms with Gasteiger partial charge >= 0.3 is 6.18 Å². The number of hydrogen-bond acceptors (Lipinski definition) is 4. The van der Waals surface area contributed by atoms with Gasteiger partial charge in [-0.15, -0.1) is 0 Å². The van der Waals surface area contributed by atoms with Gasteiger partial charge in [0.05, 0.1) is 18.5 Å². The summed E-state index contributed by atoms with van der Waals surface area (Å²) in [5, 5.41) is 3.07. The summed E-state index contributed by atoms with van der Waals surface area (Å²) in [6, 6.07) is 13.4. The lowest BCUT2D eigenvalue weighted by Gasteiger charge is -2.23. The predicted molar refractivity (Wildman–Crippen MR) is 124 cm³/mol. The summed E-state index contributed by atoms with van der Waals surface area (Å²) in [4.78, 5) is 15.8.